The summed E-state index contributed by atoms with van der Waals surface area (Å²) in [5.74, 6) is -1.21. The van der Waals surface area contributed by atoms with E-state index >= 15 is 0 Å². The monoisotopic (exact) mass is 295 g/mol. The molecule has 1 heterocycles. The molecule has 8 nitrogen and oxygen atoms in total. The number of likely N-dealkylation sites (N-methyl/N-ethyl adjacent to an activating group) is 1. The highest BCUT2D eigenvalue weighted by Gasteiger charge is 2.20. The van der Waals surface area contributed by atoms with Crippen LogP contribution in [0.25, 0.3) is 0 Å². The Morgan fingerprint density at radius 2 is 2.38 bits per heavy atom. The normalized spacial score (nSPS) is 19.2. The van der Waals surface area contributed by atoms with Gasteiger partial charge in [-0.1, -0.05) is 0 Å². The number of carbonyl (C=O) groups is 1. The maximum absolute atomic E-state index is 11.2. The molecule has 1 aromatic rings. The zero-order chi connectivity index (χ0) is 15.4. The maximum atomic E-state index is 11.2. The maximum Gasteiger partial charge on any atom is 0.338 e. The van der Waals surface area contributed by atoms with E-state index in [1.165, 1.54) is 12.1 Å². The van der Waals surface area contributed by atoms with E-state index in [1.807, 2.05) is 7.05 Å². The molecule has 0 spiro atoms. The molecule has 1 aliphatic heterocycles. The number of carboxylic acids is 1. The van der Waals surface area contributed by atoms with E-state index in [0.29, 0.717) is 18.8 Å². The van der Waals surface area contributed by atoms with Gasteiger partial charge < -0.3 is 20.1 Å². The zero-order valence-corrected chi connectivity index (χ0v) is 11.6. The third-order valence-electron chi connectivity index (χ3n) is 3.31. The number of ether oxygens (including phenoxy) is 1. The van der Waals surface area contributed by atoms with Crippen LogP contribution in [0.15, 0.2) is 18.2 Å². The lowest BCUT2D eigenvalue weighted by atomic mass is 10.1. The lowest BCUT2D eigenvalue weighted by Crippen LogP contribution is -2.43. The molecule has 0 aromatic heterocycles. The number of benzene rings is 1. The van der Waals surface area contributed by atoms with Gasteiger partial charge >= 0.3 is 5.97 Å². The molecule has 21 heavy (non-hydrogen) atoms. The third kappa shape index (κ3) is 3.89. The van der Waals surface area contributed by atoms with Crippen molar-refractivity contribution in [1.29, 1.82) is 0 Å². The Morgan fingerprint density at radius 3 is 3.00 bits per heavy atom. The van der Waals surface area contributed by atoms with Crippen molar-refractivity contribution in [2.45, 2.75) is 6.10 Å². The Morgan fingerprint density at radius 1 is 1.62 bits per heavy atom. The minimum Gasteiger partial charge on any atom is -0.478 e. The molecular weight excluding hydrogens is 278 g/mol. The van der Waals surface area contributed by atoms with Gasteiger partial charge in [-0.2, -0.15) is 0 Å². The molecular formula is C13H17N3O5. The highest BCUT2D eigenvalue weighted by Crippen LogP contribution is 2.22. The molecule has 1 fully saturated rings. The van der Waals surface area contributed by atoms with E-state index in [2.05, 4.69) is 10.2 Å². The Labute approximate surface area is 121 Å². The fraction of sp³-hybridized carbons (Fsp3) is 0.462. The first kappa shape index (κ1) is 15.2. The van der Waals surface area contributed by atoms with E-state index in [9.17, 15) is 14.9 Å². The second-order valence-electron chi connectivity index (χ2n) is 4.93. The molecule has 1 aliphatic rings. The molecule has 8 heteroatoms. The Bertz CT molecular complexity index is 549. The number of aromatic carboxylic acids is 1. The van der Waals surface area contributed by atoms with E-state index in [0.717, 1.165) is 19.2 Å². The van der Waals surface area contributed by atoms with Gasteiger partial charge in [0.2, 0.25) is 0 Å². The van der Waals surface area contributed by atoms with Crippen molar-refractivity contribution in [1.82, 2.24) is 4.90 Å². The predicted molar refractivity (Wildman–Crippen MR) is 75.8 cm³/mol. The van der Waals surface area contributed by atoms with E-state index in [4.69, 9.17) is 9.84 Å². The molecule has 1 atom stereocenters. The SMILES string of the molecule is CN1CCOC(CNc2ccc([N+](=O)[O-])cc2C(=O)O)C1. The fourth-order valence-corrected chi connectivity index (χ4v) is 2.19. The van der Waals surface area contributed by atoms with Crippen LogP contribution >= 0.6 is 0 Å². The number of nitro groups is 1. The summed E-state index contributed by atoms with van der Waals surface area (Å²) < 4.78 is 5.57. The second-order valence-corrected chi connectivity index (χ2v) is 4.93. The quantitative estimate of drug-likeness (QED) is 0.617. The smallest absolute Gasteiger partial charge is 0.338 e. The summed E-state index contributed by atoms with van der Waals surface area (Å²) in [4.78, 5) is 23.4. The van der Waals surface area contributed by atoms with Crippen molar-refractivity contribution < 1.29 is 19.6 Å². The van der Waals surface area contributed by atoms with Gasteiger partial charge in [0.1, 0.15) is 0 Å². The standard InChI is InChI=1S/C13H17N3O5/c1-15-4-5-21-10(8-15)7-14-12-3-2-9(16(19)20)6-11(12)13(17)18/h2-3,6,10,14H,4-5,7-8H2,1H3,(H,17,18). The molecule has 2 N–H and O–H groups in total. The average Bonchev–Trinajstić information content (AvgIpc) is 2.44. The van der Waals surface area contributed by atoms with Crippen molar-refractivity contribution in [3.8, 4) is 0 Å². The van der Waals surface area contributed by atoms with Gasteiger partial charge in [-0.05, 0) is 13.1 Å². The average molecular weight is 295 g/mol. The molecule has 0 bridgehead atoms. The number of nitrogens with zero attached hydrogens (tertiary/aromatic N) is 2. The van der Waals surface area contributed by atoms with Gasteiger partial charge in [0.25, 0.3) is 5.69 Å². The lowest BCUT2D eigenvalue weighted by molar-refractivity contribution is -0.384. The summed E-state index contributed by atoms with van der Waals surface area (Å²) in [7, 11) is 1.99. The van der Waals surface area contributed by atoms with E-state index in [-0.39, 0.29) is 17.4 Å². The molecule has 1 aromatic carbocycles. The number of hydrogen-bond acceptors (Lipinski definition) is 6. The number of hydrogen-bond donors (Lipinski definition) is 2. The van der Waals surface area contributed by atoms with Crippen molar-refractivity contribution in [2.75, 3.05) is 38.6 Å². The number of nitrogens with one attached hydrogen (secondary N) is 1. The van der Waals surface area contributed by atoms with Crippen molar-refractivity contribution in [2.24, 2.45) is 0 Å². The summed E-state index contributed by atoms with van der Waals surface area (Å²) in [6.45, 7) is 2.70. The number of anilines is 1. The van der Waals surface area contributed by atoms with Gasteiger partial charge in [-0.15, -0.1) is 0 Å². The van der Waals surface area contributed by atoms with Crippen molar-refractivity contribution in [3.63, 3.8) is 0 Å². The minimum atomic E-state index is -1.21. The molecule has 1 unspecified atom stereocenters. The zero-order valence-electron chi connectivity index (χ0n) is 11.6. The Balaban J connectivity index is 2.08. The summed E-state index contributed by atoms with van der Waals surface area (Å²) >= 11 is 0. The summed E-state index contributed by atoms with van der Waals surface area (Å²) in [6.07, 6.45) is -0.0411. The number of non-ortho nitro benzene ring substituents is 1. The van der Waals surface area contributed by atoms with Crippen LogP contribution in [0.5, 0.6) is 0 Å². The van der Waals surface area contributed by atoms with Crippen LogP contribution in [0, 0.1) is 10.1 Å². The first-order valence-electron chi connectivity index (χ1n) is 6.53. The fourth-order valence-electron chi connectivity index (χ4n) is 2.19. The molecule has 0 radical (unpaired) electrons. The van der Waals surface area contributed by atoms with Crippen LogP contribution in [0.2, 0.25) is 0 Å². The van der Waals surface area contributed by atoms with E-state index in [1.54, 1.807) is 0 Å². The highest BCUT2D eigenvalue weighted by atomic mass is 16.6. The van der Waals surface area contributed by atoms with Crippen LogP contribution in [0.4, 0.5) is 11.4 Å². The van der Waals surface area contributed by atoms with Crippen LogP contribution in [-0.4, -0.2) is 60.3 Å². The molecule has 1 saturated heterocycles. The van der Waals surface area contributed by atoms with Gasteiger partial charge in [-0.25, -0.2) is 4.79 Å². The number of nitro benzene ring substituents is 1. The first-order valence-corrected chi connectivity index (χ1v) is 6.53. The first-order chi connectivity index (χ1) is 9.97. The molecule has 2 rings (SSSR count). The number of morpholine rings is 1. The van der Waals surface area contributed by atoms with Gasteiger partial charge in [-0.3, -0.25) is 10.1 Å². The molecule has 114 valence electrons. The largest absolute Gasteiger partial charge is 0.478 e. The van der Waals surface area contributed by atoms with Gasteiger partial charge in [0.05, 0.1) is 23.2 Å². The molecule has 0 amide bonds. The van der Waals surface area contributed by atoms with Crippen LogP contribution < -0.4 is 5.32 Å². The summed E-state index contributed by atoms with van der Waals surface area (Å²) in [5, 5.41) is 22.8. The van der Waals surface area contributed by atoms with Crippen LogP contribution in [0.1, 0.15) is 10.4 Å². The summed E-state index contributed by atoms with van der Waals surface area (Å²) in [6, 6.07) is 3.75. The van der Waals surface area contributed by atoms with Crippen LogP contribution in [-0.2, 0) is 4.74 Å². The molecule has 0 aliphatic carbocycles. The van der Waals surface area contributed by atoms with Gasteiger partial charge in [0.15, 0.2) is 0 Å². The highest BCUT2D eigenvalue weighted by molar-refractivity contribution is 5.95. The van der Waals surface area contributed by atoms with Crippen molar-refractivity contribution in [3.05, 3.63) is 33.9 Å². The number of rotatable bonds is 5. The van der Waals surface area contributed by atoms with Crippen LogP contribution in [0.3, 0.4) is 0 Å². The summed E-state index contributed by atoms with van der Waals surface area (Å²) in [5.41, 5.74) is -0.00936. The van der Waals surface area contributed by atoms with Gasteiger partial charge in [0, 0.05) is 37.5 Å². The lowest BCUT2D eigenvalue weighted by Gasteiger charge is -2.30. The molecule has 0 saturated carbocycles. The predicted octanol–water partition coefficient (Wildman–Crippen LogP) is 1.04. The Hall–Kier alpha value is -2.19. The topological polar surface area (TPSA) is 105 Å². The third-order valence-corrected chi connectivity index (χ3v) is 3.31. The van der Waals surface area contributed by atoms with E-state index < -0.39 is 10.9 Å². The Kier molecular flexibility index (Phi) is 4.71. The van der Waals surface area contributed by atoms with Crippen molar-refractivity contribution >= 4 is 17.3 Å². The minimum absolute atomic E-state index is 0.0411. The number of carboxylic acid groups (broad SMARTS) is 1. The second kappa shape index (κ2) is 6.51.